The molecule has 5 heterocycles. The fourth-order valence-electron chi connectivity index (χ4n) is 24.2. The first-order valence-electron chi connectivity index (χ1n) is 44.5. The van der Waals surface area contributed by atoms with Crippen LogP contribution >= 0.6 is 0 Å². The van der Waals surface area contributed by atoms with Gasteiger partial charge in [0.15, 0.2) is 6.29 Å². The van der Waals surface area contributed by atoms with Crippen LogP contribution in [0.1, 0.15) is 272 Å². The molecule has 31 nitrogen and oxygen atoms in total. The van der Waals surface area contributed by atoms with Gasteiger partial charge in [-0.1, -0.05) is 66.8 Å². The summed E-state index contributed by atoms with van der Waals surface area (Å²) in [6.45, 7) is -0.531. The molecule has 8 bridgehead atoms. The van der Waals surface area contributed by atoms with Crippen molar-refractivity contribution in [2.75, 3.05) is 47.4 Å². The highest BCUT2D eigenvalue weighted by Gasteiger charge is 2.62. The predicted octanol–water partition coefficient (Wildman–Crippen LogP) is 14.1. The second-order valence-corrected chi connectivity index (χ2v) is 36.1. The van der Waals surface area contributed by atoms with Crippen molar-refractivity contribution in [1.82, 2.24) is 15.3 Å². The quantitative estimate of drug-likeness (QED) is 0.0134. The number of aliphatic imine (C=N–C) groups is 1. The van der Waals surface area contributed by atoms with Crippen LogP contribution in [0.5, 0.6) is 0 Å². The summed E-state index contributed by atoms with van der Waals surface area (Å²) in [4.78, 5) is 175. The molecule has 0 radical (unpaired) electrons. The van der Waals surface area contributed by atoms with Gasteiger partial charge in [0.2, 0.25) is 0 Å². The third kappa shape index (κ3) is 12.7. The van der Waals surface area contributed by atoms with Crippen LogP contribution in [-0.4, -0.2) is 176 Å². The molecule has 18 N–H and O–H groups in total. The molecule has 22 rings (SSSR count). The summed E-state index contributed by atoms with van der Waals surface area (Å²) in [6.07, 6.45) is 14.8. The lowest BCUT2D eigenvalue weighted by molar-refractivity contribution is -0.138. The van der Waals surface area contributed by atoms with E-state index in [0.717, 1.165) is 12.0 Å². The number of anilines is 4. The summed E-state index contributed by atoms with van der Waals surface area (Å²) in [5, 5.41) is 136. The summed E-state index contributed by atoms with van der Waals surface area (Å²) in [5.74, 6) is -16.9. The lowest BCUT2D eigenvalue weighted by Gasteiger charge is -2.40. The van der Waals surface area contributed by atoms with Gasteiger partial charge < -0.3 is 92.7 Å². The van der Waals surface area contributed by atoms with Crippen molar-refractivity contribution in [3.05, 3.63) is 311 Å². The minimum absolute atomic E-state index is 0.00191. The van der Waals surface area contributed by atoms with E-state index < -0.39 is 116 Å². The average molecular weight is 1810 g/mol. The average Bonchev–Trinajstić information content (AvgIpc) is 1.46. The van der Waals surface area contributed by atoms with Crippen molar-refractivity contribution in [2.24, 2.45) is 10.9 Å². The summed E-state index contributed by atoms with van der Waals surface area (Å²) in [6, 6.07) is 22.5. The Morgan fingerprint density at radius 2 is 0.919 bits per heavy atom. The Labute approximate surface area is 763 Å². The van der Waals surface area contributed by atoms with E-state index >= 15 is 0 Å². The normalized spacial score (nSPS) is 21.3. The van der Waals surface area contributed by atoms with Gasteiger partial charge in [-0.15, -0.1) is 0 Å². The first-order valence-corrected chi connectivity index (χ1v) is 44.5. The number of carboxylic acids is 11. The van der Waals surface area contributed by atoms with Crippen molar-refractivity contribution in [2.45, 2.75) is 113 Å². The zero-order chi connectivity index (χ0) is 93.8. The third-order valence-electron chi connectivity index (χ3n) is 29.0. The summed E-state index contributed by atoms with van der Waals surface area (Å²) in [5.41, 5.74) is 16.1. The third-order valence-corrected chi connectivity index (χ3v) is 29.0. The Morgan fingerprint density at radius 1 is 0.422 bits per heavy atom. The molecule has 7 atom stereocenters. The first-order chi connectivity index (χ1) is 65.1. The number of carboxylic acid groups (broad SMARTS) is 11. The van der Waals surface area contributed by atoms with Crippen molar-refractivity contribution >= 4 is 134 Å². The molecular weight excluding hydrogens is 1730 g/mol. The van der Waals surface area contributed by atoms with E-state index in [-0.39, 0.29) is 226 Å². The standard InChI is InChI=1S/C104H80N8O23/c113-39-56-57(105-27-1-5-68(114)115)17-13-48(78(56)98(122)123)81-65-24-23-63(110-65)79(49-14-18-58(106-28-2-6-69(116)117)88(102(130)131)85(49)99(124)125)61-21-22-62(109-61)80(50-15-19-59(107-29-3-7-70(118)119)89(103(132)133)86(50)100(126)127)64-25-26-66(111-64)82(51-16-20-60(108-30-4-8-71(120)121)90(104(134)135)87(51)101(128)129)97-52(38-67(81)112-97)40-11-12-47-53(35-40)55-37-46-34-44-32-42-10-9-41-31-43-33-45-36-54(47)83-84(55)94-77(46)75(44)92-73(42)72(41)91-74(43)76(45)93(83)96(94)95(91)92/h9-11,13-26,31-32,36-39,42,47,53,67,73,95-96,105-108,110-112H,1-8,12,27-30,33-35H2,(H,114,115)(H,116,117)(H,118,119)(H,120,121)(H,122,123)(H,124,125)(H,126,127)(H,128,129)(H,130,131)(H,132,133)(H,134,135)/b79-63-,80-62-,81-65-,97-82-. The lowest BCUT2D eigenvalue weighted by atomic mass is 9.63. The van der Waals surface area contributed by atoms with Crippen LogP contribution in [0.25, 0.3) is 56.2 Å². The molecule has 0 fully saturated rings. The lowest BCUT2D eigenvalue weighted by Crippen LogP contribution is -2.31. The molecule has 2 aromatic heterocycles. The molecule has 31 heteroatoms. The molecule has 135 heavy (non-hydrogen) atoms. The van der Waals surface area contributed by atoms with Crippen molar-refractivity contribution in [1.29, 1.82) is 0 Å². The molecule has 0 spiro atoms. The summed E-state index contributed by atoms with van der Waals surface area (Å²) >= 11 is 0. The zero-order valence-electron chi connectivity index (χ0n) is 71.4. The topological polar surface area (TPSA) is 531 Å². The van der Waals surface area contributed by atoms with Gasteiger partial charge >= 0.3 is 65.7 Å². The van der Waals surface area contributed by atoms with E-state index in [1.54, 1.807) is 0 Å². The highest BCUT2D eigenvalue weighted by atomic mass is 16.4. The fourth-order valence-corrected chi connectivity index (χ4v) is 24.2. The minimum atomic E-state index is -1.81. The number of nitrogens with zero attached hydrogens (tertiary/aromatic N) is 1. The van der Waals surface area contributed by atoms with E-state index in [2.05, 4.69) is 79.1 Å². The van der Waals surface area contributed by atoms with Crippen LogP contribution in [0.2, 0.25) is 0 Å². The summed E-state index contributed by atoms with van der Waals surface area (Å²) < 4.78 is 0. The molecule has 3 aliphatic heterocycles. The first kappa shape index (κ1) is 83.9. The Hall–Kier alpha value is -16.7. The SMILES string of the molecule is O=Cc1c(NCCCC(=O)O)ccc(/C2=c3\cc/c([nH]3)=C(\c3ccc(NCCCC(=O)O)c(C(=O)O)c3C(=O)O)C3=N/C(=C(/c4ccc(NCCCC(=O)O)c(C(=O)O)c4C(=O)O)c4ccc([nH]4)/C(c4ccc(NCCCC(=O)O)c(C(=O)O)c4C(=O)O)=C4\NC2C=C4C2=CCC4c5cc6c7c8c5-c5c(cc9c%10c5C8C5C8=C%10C(=CC%10C=Cc%11cc(c-7c5c%11C8%10)C6)C9)C4C2)C=C3)c1C(=O)O. The number of aromatic amines is 2. The number of hydrogen-bond acceptors (Lipinski definition) is 18. The van der Waals surface area contributed by atoms with E-state index in [1.165, 1.54) is 180 Å². The van der Waals surface area contributed by atoms with Crippen LogP contribution < -0.4 is 37.3 Å². The molecule has 0 saturated carbocycles. The molecular formula is C104H80N8O23. The number of aromatic nitrogens is 2. The number of H-pyrrole nitrogens is 2. The maximum absolute atomic E-state index is 15.0. The Bertz CT molecular complexity index is 7670. The molecule has 10 aliphatic carbocycles. The number of rotatable bonds is 33. The number of nitrogens with one attached hydrogen (secondary N) is 7. The zero-order valence-corrected chi connectivity index (χ0v) is 71.4. The van der Waals surface area contributed by atoms with Gasteiger partial charge in [0.25, 0.3) is 0 Å². The number of aromatic carboxylic acids is 7. The van der Waals surface area contributed by atoms with Gasteiger partial charge in [-0.25, -0.2) is 38.6 Å². The van der Waals surface area contributed by atoms with Gasteiger partial charge in [0.05, 0.1) is 67.7 Å². The second kappa shape index (κ2) is 31.2. The second-order valence-electron chi connectivity index (χ2n) is 36.1. The number of hydrogen-bond donors (Lipinski definition) is 18. The molecule has 13 aliphatic rings. The maximum atomic E-state index is 15.0. The van der Waals surface area contributed by atoms with Crippen molar-refractivity contribution in [3.63, 3.8) is 0 Å². The van der Waals surface area contributed by atoms with E-state index in [4.69, 9.17) is 4.99 Å². The number of carbonyl (C=O) groups is 12. The van der Waals surface area contributed by atoms with Crippen molar-refractivity contribution in [3.8, 4) is 22.3 Å². The van der Waals surface area contributed by atoms with Gasteiger partial charge in [-0.05, 0) is 247 Å². The van der Waals surface area contributed by atoms with Crippen molar-refractivity contribution < 1.29 is 114 Å². The molecule has 7 unspecified atom stereocenters. The molecule has 0 amide bonds. The number of allylic oxidation sites excluding steroid dienone is 9. The highest BCUT2D eigenvalue weighted by Crippen LogP contribution is 2.78. The highest BCUT2D eigenvalue weighted by molar-refractivity contribution is 6.32. The molecule has 674 valence electrons. The van der Waals surface area contributed by atoms with E-state index in [9.17, 15) is 114 Å². The van der Waals surface area contributed by atoms with E-state index in [0.29, 0.717) is 30.3 Å². The van der Waals surface area contributed by atoms with Gasteiger partial charge in [-0.2, -0.15) is 0 Å². The Kier molecular flexibility index (Phi) is 19.4. The smallest absolute Gasteiger partial charge is 0.338 e. The van der Waals surface area contributed by atoms with Gasteiger partial charge in [0, 0.05) is 159 Å². The Morgan fingerprint density at radius 3 is 1.48 bits per heavy atom. The van der Waals surface area contributed by atoms with Crippen LogP contribution in [0.3, 0.4) is 0 Å². The largest absolute Gasteiger partial charge is 0.481 e. The molecule has 0 saturated heterocycles. The van der Waals surface area contributed by atoms with Crippen LogP contribution in [0, 0.1) is 5.92 Å². The number of aliphatic carboxylic acids is 4. The minimum Gasteiger partial charge on any atom is -0.481 e. The molecule has 7 aromatic carbocycles. The number of aldehydes is 1. The number of benzene rings is 7. The summed E-state index contributed by atoms with van der Waals surface area (Å²) in [7, 11) is 0. The van der Waals surface area contributed by atoms with Gasteiger partial charge in [-0.3, -0.25) is 24.0 Å². The Balaban J connectivity index is 0.845. The number of carbonyl (C=O) groups excluding carboxylic acids is 1. The van der Waals surface area contributed by atoms with Crippen LogP contribution in [0.4, 0.5) is 22.7 Å². The van der Waals surface area contributed by atoms with E-state index in [1.807, 2.05) is 6.08 Å². The van der Waals surface area contributed by atoms with Crippen LogP contribution in [0.15, 0.2) is 166 Å². The maximum Gasteiger partial charge on any atom is 0.338 e. The van der Waals surface area contributed by atoms with Crippen LogP contribution in [-0.2, 0) is 32.0 Å². The predicted molar refractivity (Wildman–Crippen MR) is 492 cm³/mol. The fraction of sp³-hybridized carbons (Fsp3) is 0.221. The monoisotopic (exact) mass is 1810 g/mol. The number of fused-ring (bicyclic) bond motifs is 10. The van der Waals surface area contributed by atoms with Gasteiger partial charge in [0.1, 0.15) is 0 Å². The molecule has 9 aromatic rings.